The summed E-state index contributed by atoms with van der Waals surface area (Å²) in [7, 11) is 0. The van der Waals surface area contributed by atoms with Crippen LogP contribution in [-0.4, -0.2) is 33.4 Å². The number of fused-ring (bicyclic) bond motifs is 1. The second-order valence-electron chi connectivity index (χ2n) is 3.71. The van der Waals surface area contributed by atoms with Crippen LogP contribution >= 0.6 is 11.6 Å². The van der Waals surface area contributed by atoms with Crippen LogP contribution in [0, 0.1) is 0 Å². The minimum absolute atomic E-state index is 0.780. The van der Waals surface area contributed by atoms with E-state index in [0.717, 1.165) is 38.5 Å². The first-order chi connectivity index (χ1) is 6.90. The van der Waals surface area contributed by atoms with E-state index in [1.807, 2.05) is 6.20 Å². The van der Waals surface area contributed by atoms with Gasteiger partial charge in [0.25, 0.3) is 0 Å². The number of hydrogen-bond donors (Lipinski definition) is 0. The quantitative estimate of drug-likeness (QED) is 0.561. The molecule has 0 aliphatic carbocycles. The molecule has 0 fully saturated rings. The minimum Gasteiger partial charge on any atom is -0.333 e. The maximum Gasteiger partial charge on any atom is 0.122 e. The molecule has 0 radical (unpaired) electrons. The zero-order valence-electron chi connectivity index (χ0n) is 8.32. The van der Waals surface area contributed by atoms with Crippen molar-refractivity contribution in [3.05, 3.63) is 18.2 Å². The summed E-state index contributed by atoms with van der Waals surface area (Å²) >= 11 is 5.65. The lowest BCUT2D eigenvalue weighted by atomic mass is 10.3. The van der Waals surface area contributed by atoms with Crippen LogP contribution in [0.2, 0.25) is 0 Å². The third kappa shape index (κ3) is 2.28. The van der Waals surface area contributed by atoms with Crippen molar-refractivity contribution < 1.29 is 0 Å². The minimum atomic E-state index is 0.780. The Morgan fingerprint density at radius 2 is 2.29 bits per heavy atom. The third-order valence-electron chi connectivity index (χ3n) is 2.68. The lowest BCUT2D eigenvalue weighted by Gasteiger charge is -2.27. The molecule has 2 heterocycles. The van der Waals surface area contributed by atoms with Crippen LogP contribution < -0.4 is 0 Å². The largest absolute Gasteiger partial charge is 0.333 e. The average molecular weight is 214 g/mol. The Hall–Kier alpha value is -0.540. The fourth-order valence-electron chi connectivity index (χ4n) is 1.84. The Bertz CT molecular complexity index is 285. The van der Waals surface area contributed by atoms with Gasteiger partial charge in [0.05, 0.1) is 6.54 Å². The van der Waals surface area contributed by atoms with Crippen molar-refractivity contribution >= 4 is 11.6 Å². The molecule has 1 aliphatic rings. The number of rotatable bonds is 4. The molecule has 0 atom stereocenters. The molecule has 3 nitrogen and oxygen atoms in total. The Labute approximate surface area is 89.7 Å². The molecule has 0 saturated carbocycles. The first kappa shape index (κ1) is 9.99. The standard InChI is InChI=1S/C10H16ClN3/c11-3-1-2-5-13-7-8-14-6-4-12-10(14)9-13/h4,6H,1-3,5,7-9H2. The van der Waals surface area contributed by atoms with E-state index in [2.05, 4.69) is 20.6 Å². The van der Waals surface area contributed by atoms with Crippen LogP contribution in [0.15, 0.2) is 12.4 Å². The number of aromatic nitrogens is 2. The van der Waals surface area contributed by atoms with Crippen LogP contribution in [0.4, 0.5) is 0 Å². The van der Waals surface area contributed by atoms with Crippen molar-refractivity contribution in [2.24, 2.45) is 0 Å². The van der Waals surface area contributed by atoms with Gasteiger partial charge >= 0.3 is 0 Å². The molecule has 0 spiro atoms. The molecule has 78 valence electrons. The first-order valence-electron chi connectivity index (χ1n) is 5.18. The first-order valence-corrected chi connectivity index (χ1v) is 5.72. The number of hydrogen-bond acceptors (Lipinski definition) is 2. The Balaban J connectivity index is 1.82. The van der Waals surface area contributed by atoms with Gasteiger partial charge in [-0.25, -0.2) is 4.98 Å². The van der Waals surface area contributed by atoms with E-state index in [4.69, 9.17) is 11.6 Å². The van der Waals surface area contributed by atoms with E-state index in [-0.39, 0.29) is 0 Å². The molecule has 0 bridgehead atoms. The van der Waals surface area contributed by atoms with E-state index in [1.54, 1.807) is 0 Å². The van der Waals surface area contributed by atoms with E-state index < -0.39 is 0 Å². The van der Waals surface area contributed by atoms with Crippen molar-refractivity contribution in [1.29, 1.82) is 0 Å². The van der Waals surface area contributed by atoms with Gasteiger partial charge < -0.3 is 4.57 Å². The molecule has 1 aliphatic heterocycles. The number of imidazole rings is 1. The number of halogens is 1. The van der Waals surface area contributed by atoms with Crippen molar-refractivity contribution in [1.82, 2.24) is 14.5 Å². The van der Waals surface area contributed by atoms with Gasteiger partial charge in [0.15, 0.2) is 0 Å². The summed E-state index contributed by atoms with van der Waals surface area (Å²) in [5.74, 6) is 1.98. The SMILES string of the molecule is ClCCCCN1CCn2ccnc2C1. The van der Waals surface area contributed by atoms with Gasteiger partial charge in [-0.15, -0.1) is 11.6 Å². The molecular weight excluding hydrogens is 198 g/mol. The summed E-state index contributed by atoms with van der Waals surface area (Å²) in [4.78, 5) is 6.78. The highest BCUT2D eigenvalue weighted by Crippen LogP contribution is 2.10. The molecule has 14 heavy (non-hydrogen) atoms. The number of nitrogens with zero attached hydrogens (tertiary/aromatic N) is 3. The molecule has 0 amide bonds. The molecule has 2 rings (SSSR count). The van der Waals surface area contributed by atoms with E-state index >= 15 is 0 Å². The summed E-state index contributed by atoms with van der Waals surface area (Å²) in [5, 5.41) is 0. The van der Waals surface area contributed by atoms with Gasteiger partial charge in [0.1, 0.15) is 5.82 Å². The van der Waals surface area contributed by atoms with E-state index in [1.165, 1.54) is 12.2 Å². The monoisotopic (exact) mass is 213 g/mol. The van der Waals surface area contributed by atoms with Gasteiger partial charge in [-0.05, 0) is 19.4 Å². The van der Waals surface area contributed by atoms with E-state index in [9.17, 15) is 0 Å². The summed E-state index contributed by atoms with van der Waals surface area (Å²) in [6.45, 7) is 4.37. The predicted molar refractivity (Wildman–Crippen MR) is 57.5 cm³/mol. The summed E-state index contributed by atoms with van der Waals surface area (Å²) in [6.07, 6.45) is 6.26. The Kier molecular flexibility index (Phi) is 3.43. The summed E-state index contributed by atoms with van der Waals surface area (Å²) in [6, 6.07) is 0. The van der Waals surface area contributed by atoms with Gasteiger partial charge in [-0.2, -0.15) is 0 Å². The average Bonchev–Trinajstić information content (AvgIpc) is 2.65. The van der Waals surface area contributed by atoms with Crippen molar-refractivity contribution in [2.75, 3.05) is 19.0 Å². The molecular formula is C10H16ClN3. The highest BCUT2D eigenvalue weighted by atomic mass is 35.5. The Morgan fingerprint density at radius 3 is 3.14 bits per heavy atom. The molecule has 1 aromatic rings. The number of unbranched alkanes of at least 4 members (excludes halogenated alkanes) is 1. The topological polar surface area (TPSA) is 21.1 Å². The van der Waals surface area contributed by atoms with Gasteiger partial charge in [0.2, 0.25) is 0 Å². The molecule has 0 aromatic carbocycles. The third-order valence-corrected chi connectivity index (χ3v) is 2.95. The molecule has 0 saturated heterocycles. The smallest absolute Gasteiger partial charge is 0.122 e. The molecule has 4 heteroatoms. The molecule has 0 unspecified atom stereocenters. The maximum atomic E-state index is 5.65. The zero-order valence-corrected chi connectivity index (χ0v) is 9.08. The second-order valence-corrected chi connectivity index (χ2v) is 4.09. The number of alkyl halides is 1. The normalized spacial score (nSPS) is 16.9. The molecule has 0 N–H and O–H groups in total. The van der Waals surface area contributed by atoms with Crippen LogP contribution in [0.1, 0.15) is 18.7 Å². The maximum absolute atomic E-state index is 5.65. The summed E-state index contributed by atoms with van der Waals surface area (Å²) < 4.78 is 2.23. The van der Waals surface area contributed by atoms with Crippen molar-refractivity contribution in [2.45, 2.75) is 25.9 Å². The van der Waals surface area contributed by atoms with Crippen LogP contribution in [-0.2, 0) is 13.1 Å². The second kappa shape index (κ2) is 4.80. The van der Waals surface area contributed by atoms with Crippen LogP contribution in [0.5, 0.6) is 0 Å². The highest BCUT2D eigenvalue weighted by Gasteiger charge is 2.15. The molecule has 1 aromatic heterocycles. The highest BCUT2D eigenvalue weighted by molar-refractivity contribution is 6.17. The van der Waals surface area contributed by atoms with Crippen molar-refractivity contribution in [3.8, 4) is 0 Å². The van der Waals surface area contributed by atoms with Crippen LogP contribution in [0.3, 0.4) is 0 Å². The zero-order chi connectivity index (χ0) is 9.80. The Morgan fingerprint density at radius 1 is 1.36 bits per heavy atom. The van der Waals surface area contributed by atoms with Crippen molar-refractivity contribution in [3.63, 3.8) is 0 Å². The fourth-order valence-corrected chi connectivity index (χ4v) is 2.03. The van der Waals surface area contributed by atoms with E-state index in [0.29, 0.717) is 0 Å². The van der Waals surface area contributed by atoms with Gasteiger partial charge in [0, 0.05) is 31.4 Å². The van der Waals surface area contributed by atoms with Gasteiger partial charge in [-0.1, -0.05) is 0 Å². The summed E-state index contributed by atoms with van der Waals surface area (Å²) in [5.41, 5.74) is 0. The lowest BCUT2D eigenvalue weighted by molar-refractivity contribution is 0.214. The fraction of sp³-hybridized carbons (Fsp3) is 0.700. The lowest BCUT2D eigenvalue weighted by Crippen LogP contribution is -2.34. The predicted octanol–water partition coefficient (Wildman–Crippen LogP) is 1.72. The van der Waals surface area contributed by atoms with Gasteiger partial charge in [-0.3, -0.25) is 4.90 Å². The van der Waals surface area contributed by atoms with Crippen LogP contribution in [0.25, 0.3) is 0 Å².